The summed E-state index contributed by atoms with van der Waals surface area (Å²) in [7, 11) is -3.13. The number of nitrogens with one attached hydrogen (secondary N) is 2. The van der Waals surface area contributed by atoms with Crippen LogP contribution in [0.25, 0.3) is 0 Å². The normalized spacial score (nSPS) is 13.1. The van der Waals surface area contributed by atoms with Gasteiger partial charge in [0.15, 0.2) is 0 Å². The van der Waals surface area contributed by atoms with Crippen molar-refractivity contribution in [2.24, 2.45) is 0 Å². The highest BCUT2D eigenvalue weighted by molar-refractivity contribution is 7.89. The van der Waals surface area contributed by atoms with Gasteiger partial charge < -0.3 is 5.32 Å². The molecule has 0 spiro atoms. The van der Waals surface area contributed by atoms with Crippen molar-refractivity contribution >= 4 is 10.0 Å². The lowest BCUT2D eigenvalue weighted by Gasteiger charge is -2.20. The van der Waals surface area contributed by atoms with Crippen molar-refractivity contribution in [1.29, 1.82) is 0 Å². The summed E-state index contributed by atoms with van der Waals surface area (Å²) in [5, 5.41) is 3.06. The molecule has 4 nitrogen and oxygen atoms in total. The standard InChI is InChI=1S/C9H22N2O2S/c1-5-6-10-7-8-14(12,13)11-9(2,3)4/h10-11H,5-8H2,1-4H3. The Morgan fingerprint density at radius 2 is 1.71 bits per heavy atom. The highest BCUT2D eigenvalue weighted by Crippen LogP contribution is 2.01. The summed E-state index contributed by atoms with van der Waals surface area (Å²) in [5.41, 5.74) is -0.385. The molecule has 86 valence electrons. The molecule has 0 bridgehead atoms. The van der Waals surface area contributed by atoms with Crippen LogP contribution in [0.3, 0.4) is 0 Å². The highest BCUT2D eigenvalue weighted by Gasteiger charge is 2.18. The fraction of sp³-hybridized carbons (Fsp3) is 1.00. The Morgan fingerprint density at radius 1 is 1.14 bits per heavy atom. The van der Waals surface area contributed by atoms with Crippen molar-refractivity contribution in [2.75, 3.05) is 18.8 Å². The molecule has 0 heterocycles. The van der Waals surface area contributed by atoms with Crippen molar-refractivity contribution in [2.45, 2.75) is 39.7 Å². The summed E-state index contributed by atoms with van der Waals surface area (Å²) >= 11 is 0. The Labute approximate surface area is 87.5 Å². The maximum Gasteiger partial charge on any atom is 0.213 e. The molecule has 5 heteroatoms. The molecule has 0 rings (SSSR count). The van der Waals surface area contributed by atoms with Crippen LogP contribution in [0.2, 0.25) is 0 Å². The Morgan fingerprint density at radius 3 is 2.14 bits per heavy atom. The minimum absolute atomic E-state index is 0.143. The van der Waals surface area contributed by atoms with E-state index >= 15 is 0 Å². The molecule has 0 aliphatic rings. The van der Waals surface area contributed by atoms with Crippen molar-refractivity contribution < 1.29 is 8.42 Å². The van der Waals surface area contributed by atoms with E-state index in [9.17, 15) is 8.42 Å². The summed E-state index contributed by atoms with van der Waals surface area (Å²) in [4.78, 5) is 0. The second-order valence-electron chi connectivity index (χ2n) is 4.42. The molecule has 0 aromatic rings. The molecule has 0 aromatic heterocycles. The van der Waals surface area contributed by atoms with E-state index in [1.165, 1.54) is 0 Å². The molecular weight excluding hydrogens is 200 g/mol. The maximum absolute atomic E-state index is 11.5. The third-order valence-corrected chi connectivity index (χ3v) is 3.10. The predicted octanol–water partition coefficient (Wildman–Crippen LogP) is 0.704. The zero-order valence-electron chi connectivity index (χ0n) is 9.55. The van der Waals surface area contributed by atoms with Crippen molar-refractivity contribution in [3.8, 4) is 0 Å². The Balaban J connectivity index is 3.86. The number of sulfonamides is 1. The number of hydrogen-bond donors (Lipinski definition) is 2. The van der Waals surface area contributed by atoms with E-state index in [0.717, 1.165) is 13.0 Å². The third-order valence-electron chi connectivity index (χ3n) is 1.44. The second-order valence-corrected chi connectivity index (χ2v) is 6.26. The first-order chi connectivity index (χ1) is 6.27. The van der Waals surface area contributed by atoms with Gasteiger partial charge in [-0.25, -0.2) is 13.1 Å². The van der Waals surface area contributed by atoms with E-state index in [-0.39, 0.29) is 11.3 Å². The Bertz CT molecular complexity index is 242. The van der Waals surface area contributed by atoms with Crippen LogP contribution >= 0.6 is 0 Å². The maximum atomic E-state index is 11.5. The summed E-state index contributed by atoms with van der Waals surface area (Å²) in [5.74, 6) is 0.143. The van der Waals surface area contributed by atoms with Gasteiger partial charge in [0.1, 0.15) is 0 Å². The minimum atomic E-state index is -3.13. The zero-order valence-corrected chi connectivity index (χ0v) is 10.4. The van der Waals surface area contributed by atoms with Gasteiger partial charge in [-0.05, 0) is 33.7 Å². The topological polar surface area (TPSA) is 58.2 Å². The van der Waals surface area contributed by atoms with Gasteiger partial charge in [-0.1, -0.05) is 6.92 Å². The van der Waals surface area contributed by atoms with Crippen molar-refractivity contribution in [3.05, 3.63) is 0 Å². The van der Waals surface area contributed by atoms with Crippen molar-refractivity contribution in [1.82, 2.24) is 10.0 Å². The smallest absolute Gasteiger partial charge is 0.213 e. The fourth-order valence-electron chi connectivity index (χ4n) is 1.03. The summed E-state index contributed by atoms with van der Waals surface area (Å²) in [6, 6.07) is 0. The molecule has 0 saturated heterocycles. The number of rotatable bonds is 6. The molecule has 0 aromatic carbocycles. The summed E-state index contributed by atoms with van der Waals surface area (Å²) < 4.78 is 25.5. The molecule has 0 saturated carbocycles. The lowest BCUT2D eigenvalue weighted by atomic mass is 10.1. The van der Waals surface area contributed by atoms with Gasteiger partial charge in [-0.2, -0.15) is 0 Å². The highest BCUT2D eigenvalue weighted by atomic mass is 32.2. The predicted molar refractivity (Wildman–Crippen MR) is 59.8 cm³/mol. The summed E-state index contributed by atoms with van der Waals surface area (Å²) in [6.45, 7) is 8.94. The number of hydrogen-bond acceptors (Lipinski definition) is 3. The first kappa shape index (κ1) is 13.9. The zero-order chi connectivity index (χ0) is 11.2. The van der Waals surface area contributed by atoms with Crippen LogP contribution < -0.4 is 10.0 Å². The van der Waals surface area contributed by atoms with Crippen LogP contribution in [0.1, 0.15) is 34.1 Å². The Kier molecular flexibility index (Phi) is 5.63. The van der Waals surface area contributed by atoms with E-state index in [1.807, 2.05) is 20.8 Å². The average molecular weight is 222 g/mol. The lowest BCUT2D eigenvalue weighted by Crippen LogP contribution is -2.43. The molecule has 0 radical (unpaired) electrons. The molecule has 0 amide bonds. The molecule has 14 heavy (non-hydrogen) atoms. The molecular formula is C9H22N2O2S. The molecule has 0 atom stereocenters. The van der Waals surface area contributed by atoms with Gasteiger partial charge in [-0.3, -0.25) is 0 Å². The van der Waals surface area contributed by atoms with Crippen LogP contribution in [-0.4, -0.2) is 32.8 Å². The van der Waals surface area contributed by atoms with Crippen LogP contribution in [0.5, 0.6) is 0 Å². The van der Waals surface area contributed by atoms with Gasteiger partial charge in [0.25, 0.3) is 0 Å². The fourth-order valence-corrected chi connectivity index (χ4v) is 2.47. The van der Waals surface area contributed by atoms with Gasteiger partial charge >= 0.3 is 0 Å². The van der Waals surface area contributed by atoms with Gasteiger partial charge in [-0.15, -0.1) is 0 Å². The molecule has 0 unspecified atom stereocenters. The SMILES string of the molecule is CCCNCCS(=O)(=O)NC(C)(C)C. The summed E-state index contributed by atoms with van der Waals surface area (Å²) in [6.07, 6.45) is 1.02. The molecule has 0 fully saturated rings. The van der Waals surface area contributed by atoms with Crippen molar-refractivity contribution in [3.63, 3.8) is 0 Å². The largest absolute Gasteiger partial charge is 0.316 e. The van der Waals surface area contributed by atoms with E-state index in [2.05, 4.69) is 17.0 Å². The van der Waals surface area contributed by atoms with E-state index < -0.39 is 10.0 Å². The average Bonchev–Trinajstić information content (AvgIpc) is 1.93. The molecule has 0 aliphatic heterocycles. The van der Waals surface area contributed by atoms with Gasteiger partial charge in [0.05, 0.1) is 5.75 Å². The lowest BCUT2D eigenvalue weighted by molar-refractivity contribution is 0.490. The minimum Gasteiger partial charge on any atom is -0.316 e. The molecule has 0 aliphatic carbocycles. The second kappa shape index (κ2) is 5.68. The van der Waals surface area contributed by atoms with Crippen LogP contribution in [0.15, 0.2) is 0 Å². The first-order valence-corrected chi connectivity index (χ1v) is 6.64. The molecule has 2 N–H and O–H groups in total. The monoisotopic (exact) mass is 222 g/mol. The quantitative estimate of drug-likeness (QED) is 0.651. The Hall–Kier alpha value is -0.130. The van der Waals surface area contributed by atoms with E-state index in [0.29, 0.717) is 6.54 Å². The van der Waals surface area contributed by atoms with Crippen LogP contribution in [0, 0.1) is 0 Å². The van der Waals surface area contributed by atoms with Gasteiger partial charge in [0.2, 0.25) is 10.0 Å². The van der Waals surface area contributed by atoms with Crippen LogP contribution in [-0.2, 0) is 10.0 Å². The van der Waals surface area contributed by atoms with E-state index in [4.69, 9.17) is 0 Å². The third kappa shape index (κ3) is 8.47. The first-order valence-electron chi connectivity index (χ1n) is 4.99. The van der Waals surface area contributed by atoms with Crippen LogP contribution in [0.4, 0.5) is 0 Å². The van der Waals surface area contributed by atoms with Gasteiger partial charge in [0, 0.05) is 12.1 Å². The van der Waals surface area contributed by atoms with E-state index in [1.54, 1.807) is 0 Å².